The maximum atomic E-state index is 11.0. The van der Waals surface area contributed by atoms with E-state index in [-0.39, 0.29) is 0 Å². The SMILES string of the molecule is Cn1cc(CNC2CCC(O)(c3ccccc3)CC2)c(-c2ccncc2)n1. The number of aryl methyl sites for hydroxylation is 1. The zero-order valence-corrected chi connectivity index (χ0v) is 15.7. The van der Waals surface area contributed by atoms with Crippen molar-refractivity contribution in [3.8, 4) is 11.3 Å². The highest BCUT2D eigenvalue weighted by atomic mass is 16.3. The lowest BCUT2D eigenvalue weighted by Crippen LogP contribution is -2.39. The molecule has 5 nitrogen and oxygen atoms in total. The Kier molecular flexibility index (Phi) is 5.05. The first-order valence-electron chi connectivity index (χ1n) is 9.58. The number of hydrogen-bond acceptors (Lipinski definition) is 4. The third-order valence-electron chi connectivity index (χ3n) is 5.56. The van der Waals surface area contributed by atoms with Gasteiger partial charge in [0.15, 0.2) is 0 Å². The molecular formula is C22H26N4O. The van der Waals surface area contributed by atoms with Gasteiger partial charge in [-0.2, -0.15) is 5.10 Å². The van der Waals surface area contributed by atoms with Gasteiger partial charge >= 0.3 is 0 Å². The minimum absolute atomic E-state index is 0.416. The van der Waals surface area contributed by atoms with Crippen LogP contribution in [0.5, 0.6) is 0 Å². The standard InChI is InChI=1S/C22H26N4O/c1-26-16-18(21(25-26)17-9-13-23-14-10-17)15-24-20-7-11-22(27,12-8-20)19-5-3-2-4-6-19/h2-6,9-10,13-14,16,20,24,27H,7-8,11-12,15H2,1H3. The fraction of sp³-hybridized carbons (Fsp3) is 0.364. The summed E-state index contributed by atoms with van der Waals surface area (Å²) in [4.78, 5) is 4.09. The number of nitrogens with zero attached hydrogens (tertiary/aromatic N) is 3. The Balaban J connectivity index is 1.39. The first-order chi connectivity index (χ1) is 13.1. The molecule has 1 saturated carbocycles. The van der Waals surface area contributed by atoms with Crippen LogP contribution in [0.1, 0.15) is 36.8 Å². The Morgan fingerprint density at radius 3 is 2.52 bits per heavy atom. The van der Waals surface area contributed by atoms with Crippen molar-refractivity contribution in [3.05, 3.63) is 72.2 Å². The molecule has 0 radical (unpaired) electrons. The van der Waals surface area contributed by atoms with Gasteiger partial charge in [-0.15, -0.1) is 0 Å². The average Bonchev–Trinajstić information content (AvgIpc) is 3.10. The molecule has 1 aliphatic rings. The van der Waals surface area contributed by atoms with Crippen molar-refractivity contribution in [3.63, 3.8) is 0 Å². The summed E-state index contributed by atoms with van der Waals surface area (Å²) in [6.45, 7) is 0.778. The van der Waals surface area contributed by atoms with E-state index in [1.807, 2.05) is 54.2 Å². The van der Waals surface area contributed by atoms with Gasteiger partial charge in [0.05, 0.1) is 11.3 Å². The third-order valence-corrected chi connectivity index (χ3v) is 5.56. The number of aliphatic hydroxyl groups is 1. The number of nitrogens with one attached hydrogen (secondary N) is 1. The van der Waals surface area contributed by atoms with Crippen molar-refractivity contribution >= 4 is 0 Å². The predicted octanol–water partition coefficient (Wildman–Crippen LogP) is 3.40. The zero-order valence-electron chi connectivity index (χ0n) is 15.7. The molecule has 0 saturated heterocycles. The van der Waals surface area contributed by atoms with Crippen LogP contribution >= 0.6 is 0 Å². The number of aromatic nitrogens is 3. The molecule has 0 aliphatic heterocycles. The smallest absolute Gasteiger partial charge is 0.0969 e. The van der Waals surface area contributed by atoms with Gasteiger partial charge in [0.1, 0.15) is 0 Å². The fourth-order valence-electron chi connectivity index (χ4n) is 4.01. The number of rotatable bonds is 5. The van der Waals surface area contributed by atoms with Gasteiger partial charge in [-0.3, -0.25) is 9.67 Å². The average molecular weight is 362 g/mol. The largest absolute Gasteiger partial charge is 0.385 e. The summed E-state index contributed by atoms with van der Waals surface area (Å²) in [6.07, 6.45) is 9.19. The Hall–Kier alpha value is -2.50. The van der Waals surface area contributed by atoms with Crippen LogP contribution in [0.25, 0.3) is 11.3 Å². The van der Waals surface area contributed by atoms with E-state index in [1.54, 1.807) is 12.4 Å². The molecule has 2 heterocycles. The van der Waals surface area contributed by atoms with Gasteiger partial charge in [0, 0.05) is 49.4 Å². The molecule has 5 heteroatoms. The van der Waals surface area contributed by atoms with E-state index < -0.39 is 5.60 Å². The molecule has 4 rings (SSSR count). The summed E-state index contributed by atoms with van der Waals surface area (Å²) in [5, 5.41) is 19.3. The molecule has 140 valence electrons. The number of benzene rings is 1. The van der Waals surface area contributed by atoms with Crippen LogP contribution in [0.3, 0.4) is 0 Å². The third kappa shape index (κ3) is 3.94. The van der Waals surface area contributed by atoms with E-state index in [0.717, 1.165) is 49.0 Å². The number of hydrogen-bond donors (Lipinski definition) is 2. The second-order valence-corrected chi connectivity index (χ2v) is 7.47. The topological polar surface area (TPSA) is 63.0 Å². The predicted molar refractivity (Wildman–Crippen MR) is 106 cm³/mol. The maximum Gasteiger partial charge on any atom is 0.0969 e. The van der Waals surface area contributed by atoms with E-state index in [1.165, 1.54) is 5.56 Å². The summed E-state index contributed by atoms with van der Waals surface area (Å²) in [7, 11) is 1.95. The van der Waals surface area contributed by atoms with Crippen molar-refractivity contribution in [2.75, 3.05) is 0 Å². The summed E-state index contributed by atoms with van der Waals surface area (Å²) in [5.41, 5.74) is 3.63. The molecular weight excluding hydrogens is 336 g/mol. The molecule has 27 heavy (non-hydrogen) atoms. The molecule has 0 bridgehead atoms. The van der Waals surface area contributed by atoms with Gasteiger partial charge in [0.25, 0.3) is 0 Å². The summed E-state index contributed by atoms with van der Waals surface area (Å²) < 4.78 is 1.86. The Bertz CT molecular complexity index is 868. The molecule has 2 N–H and O–H groups in total. The second kappa shape index (κ2) is 7.62. The Morgan fingerprint density at radius 1 is 1.11 bits per heavy atom. The van der Waals surface area contributed by atoms with Crippen LogP contribution in [-0.4, -0.2) is 25.9 Å². The monoisotopic (exact) mass is 362 g/mol. The molecule has 3 aromatic rings. The van der Waals surface area contributed by atoms with Gasteiger partial charge < -0.3 is 10.4 Å². The van der Waals surface area contributed by atoms with Gasteiger partial charge in [-0.1, -0.05) is 30.3 Å². The van der Waals surface area contributed by atoms with Crippen molar-refractivity contribution < 1.29 is 5.11 Å². The minimum Gasteiger partial charge on any atom is -0.385 e. The van der Waals surface area contributed by atoms with E-state index in [2.05, 4.69) is 21.6 Å². The molecule has 1 aliphatic carbocycles. The number of pyridine rings is 1. The van der Waals surface area contributed by atoms with E-state index >= 15 is 0 Å². The van der Waals surface area contributed by atoms with E-state index in [4.69, 9.17) is 0 Å². The lowest BCUT2D eigenvalue weighted by atomic mass is 9.78. The Labute approximate surface area is 160 Å². The summed E-state index contributed by atoms with van der Waals surface area (Å²) in [5.74, 6) is 0. The summed E-state index contributed by atoms with van der Waals surface area (Å²) >= 11 is 0. The maximum absolute atomic E-state index is 11.0. The van der Waals surface area contributed by atoms with Crippen molar-refractivity contribution in [2.45, 2.75) is 43.9 Å². The Morgan fingerprint density at radius 2 is 1.81 bits per heavy atom. The molecule has 0 atom stereocenters. The van der Waals surface area contributed by atoms with Crippen LogP contribution in [0.2, 0.25) is 0 Å². The molecule has 1 aromatic carbocycles. The molecule has 1 fully saturated rings. The quantitative estimate of drug-likeness (QED) is 0.730. The lowest BCUT2D eigenvalue weighted by Gasteiger charge is -2.36. The first kappa shape index (κ1) is 17.9. The normalized spacial score (nSPS) is 22.7. The van der Waals surface area contributed by atoms with Crippen molar-refractivity contribution in [1.29, 1.82) is 0 Å². The molecule has 0 amide bonds. The molecule has 2 aromatic heterocycles. The summed E-state index contributed by atoms with van der Waals surface area (Å²) in [6, 6.07) is 14.5. The van der Waals surface area contributed by atoms with E-state index in [9.17, 15) is 5.11 Å². The highest BCUT2D eigenvalue weighted by molar-refractivity contribution is 5.61. The molecule has 0 spiro atoms. The second-order valence-electron chi connectivity index (χ2n) is 7.47. The lowest BCUT2D eigenvalue weighted by molar-refractivity contribution is -0.00846. The van der Waals surface area contributed by atoms with Crippen LogP contribution in [0.15, 0.2) is 61.1 Å². The highest BCUT2D eigenvalue weighted by Gasteiger charge is 2.34. The van der Waals surface area contributed by atoms with Crippen LogP contribution in [0, 0.1) is 0 Å². The zero-order chi connectivity index (χ0) is 18.7. The highest BCUT2D eigenvalue weighted by Crippen LogP contribution is 2.37. The van der Waals surface area contributed by atoms with Gasteiger partial charge in [-0.05, 0) is 43.4 Å². The van der Waals surface area contributed by atoms with Crippen molar-refractivity contribution in [2.24, 2.45) is 7.05 Å². The van der Waals surface area contributed by atoms with Crippen LogP contribution in [0.4, 0.5) is 0 Å². The van der Waals surface area contributed by atoms with E-state index in [0.29, 0.717) is 6.04 Å². The van der Waals surface area contributed by atoms with Gasteiger partial charge in [-0.25, -0.2) is 0 Å². The van der Waals surface area contributed by atoms with Crippen LogP contribution in [-0.2, 0) is 19.2 Å². The minimum atomic E-state index is -0.685. The van der Waals surface area contributed by atoms with Crippen LogP contribution < -0.4 is 5.32 Å². The van der Waals surface area contributed by atoms with Gasteiger partial charge in [0.2, 0.25) is 0 Å². The molecule has 0 unspecified atom stereocenters. The fourth-order valence-corrected chi connectivity index (χ4v) is 4.01. The first-order valence-corrected chi connectivity index (χ1v) is 9.58. The van der Waals surface area contributed by atoms with Crippen molar-refractivity contribution in [1.82, 2.24) is 20.1 Å².